The molecular weight excluding hydrogens is 244 g/mol. The summed E-state index contributed by atoms with van der Waals surface area (Å²) >= 11 is 0. The number of aromatic nitrogens is 1. The smallest absolute Gasteiger partial charge is 0.0270 e. The van der Waals surface area contributed by atoms with Crippen LogP contribution in [0.15, 0.2) is 48.8 Å². The third-order valence-electron chi connectivity index (χ3n) is 3.70. The van der Waals surface area contributed by atoms with E-state index in [4.69, 9.17) is 5.73 Å². The van der Waals surface area contributed by atoms with Gasteiger partial charge in [-0.05, 0) is 54.0 Å². The molecule has 2 aromatic rings. The lowest BCUT2D eigenvalue weighted by atomic mass is 9.97. The second-order valence-electron chi connectivity index (χ2n) is 5.75. The molecule has 2 nitrogen and oxygen atoms in total. The number of hydrogen-bond donors (Lipinski definition) is 1. The fourth-order valence-corrected chi connectivity index (χ4v) is 2.34. The van der Waals surface area contributed by atoms with E-state index >= 15 is 0 Å². The largest absolute Gasteiger partial charge is 0.327 e. The summed E-state index contributed by atoms with van der Waals surface area (Å²) in [5.41, 5.74) is 10.3. The fourth-order valence-electron chi connectivity index (χ4n) is 2.34. The number of aryl methyl sites for hydroxylation is 1. The zero-order chi connectivity index (χ0) is 14.4. The Hall–Kier alpha value is -1.67. The second kappa shape index (κ2) is 7.20. The summed E-state index contributed by atoms with van der Waals surface area (Å²) in [5, 5.41) is 0. The number of pyridine rings is 1. The third kappa shape index (κ3) is 4.46. The summed E-state index contributed by atoms with van der Waals surface area (Å²) in [6, 6.07) is 13.2. The zero-order valence-corrected chi connectivity index (χ0v) is 12.4. The maximum Gasteiger partial charge on any atom is 0.0270 e. The van der Waals surface area contributed by atoms with Crippen LogP contribution in [0.1, 0.15) is 42.9 Å². The van der Waals surface area contributed by atoms with Crippen LogP contribution in [0.3, 0.4) is 0 Å². The molecule has 0 aliphatic heterocycles. The lowest BCUT2D eigenvalue weighted by molar-refractivity contribution is 0.610. The molecule has 0 aliphatic rings. The lowest BCUT2D eigenvalue weighted by Gasteiger charge is -2.13. The van der Waals surface area contributed by atoms with Crippen molar-refractivity contribution in [2.75, 3.05) is 0 Å². The first kappa shape index (κ1) is 14.7. The average molecular weight is 268 g/mol. The lowest BCUT2D eigenvalue weighted by Crippen LogP contribution is -2.23. The Bertz CT molecular complexity index is 503. The molecule has 0 spiro atoms. The predicted molar refractivity (Wildman–Crippen MR) is 84.8 cm³/mol. The number of nitrogens with zero attached hydrogens (tertiary/aromatic N) is 1. The summed E-state index contributed by atoms with van der Waals surface area (Å²) in [5.74, 6) is 0.587. The van der Waals surface area contributed by atoms with Gasteiger partial charge in [-0.3, -0.25) is 4.98 Å². The molecule has 106 valence electrons. The molecule has 1 aromatic carbocycles. The van der Waals surface area contributed by atoms with E-state index in [2.05, 4.69) is 55.2 Å². The van der Waals surface area contributed by atoms with Crippen LogP contribution in [0.2, 0.25) is 0 Å². The Labute approximate surface area is 122 Å². The van der Waals surface area contributed by atoms with Crippen molar-refractivity contribution >= 4 is 0 Å². The van der Waals surface area contributed by atoms with Crippen molar-refractivity contribution in [1.29, 1.82) is 0 Å². The summed E-state index contributed by atoms with van der Waals surface area (Å²) in [6.45, 7) is 4.44. The fraction of sp³-hybridized carbons (Fsp3) is 0.389. The third-order valence-corrected chi connectivity index (χ3v) is 3.70. The molecule has 0 radical (unpaired) electrons. The molecule has 1 unspecified atom stereocenters. The molecule has 0 saturated carbocycles. The van der Waals surface area contributed by atoms with Gasteiger partial charge in [-0.2, -0.15) is 0 Å². The first-order valence-electron chi connectivity index (χ1n) is 7.38. The number of nitrogens with two attached hydrogens (primary N) is 1. The van der Waals surface area contributed by atoms with Crippen LogP contribution < -0.4 is 5.73 Å². The van der Waals surface area contributed by atoms with E-state index in [1.165, 1.54) is 16.7 Å². The quantitative estimate of drug-likeness (QED) is 0.867. The van der Waals surface area contributed by atoms with Crippen LogP contribution in [0.25, 0.3) is 0 Å². The standard InChI is InChI=1S/C18H24N2/c1-14(2)17-6-3-16(4-7-17)13-18(19)8-5-15-9-11-20-12-10-15/h3-4,6-7,9-12,14,18H,5,8,13,19H2,1-2H3. The van der Waals surface area contributed by atoms with Gasteiger partial charge < -0.3 is 5.73 Å². The molecule has 0 amide bonds. The molecule has 1 aromatic heterocycles. The minimum atomic E-state index is 0.216. The maximum atomic E-state index is 6.24. The topological polar surface area (TPSA) is 38.9 Å². The highest BCUT2D eigenvalue weighted by molar-refractivity contribution is 5.25. The normalized spacial score (nSPS) is 12.6. The maximum absolute atomic E-state index is 6.24. The van der Waals surface area contributed by atoms with E-state index in [-0.39, 0.29) is 6.04 Å². The van der Waals surface area contributed by atoms with Gasteiger partial charge in [-0.1, -0.05) is 38.1 Å². The van der Waals surface area contributed by atoms with Crippen molar-refractivity contribution < 1.29 is 0 Å². The Kier molecular flexibility index (Phi) is 5.31. The van der Waals surface area contributed by atoms with Gasteiger partial charge in [-0.25, -0.2) is 0 Å². The van der Waals surface area contributed by atoms with Crippen molar-refractivity contribution in [3.05, 3.63) is 65.5 Å². The SMILES string of the molecule is CC(C)c1ccc(CC(N)CCc2ccncc2)cc1. The number of benzene rings is 1. The highest BCUT2D eigenvalue weighted by Crippen LogP contribution is 2.16. The molecule has 1 heterocycles. The summed E-state index contributed by atoms with van der Waals surface area (Å²) in [6.07, 6.45) is 6.66. The molecule has 2 rings (SSSR count). The molecular formula is C18H24N2. The molecule has 2 heteroatoms. The van der Waals surface area contributed by atoms with Crippen LogP contribution >= 0.6 is 0 Å². The second-order valence-corrected chi connectivity index (χ2v) is 5.75. The average Bonchev–Trinajstić information content (AvgIpc) is 2.47. The van der Waals surface area contributed by atoms with E-state index < -0.39 is 0 Å². The van der Waals surface area contributed by atoms with Crippen molar-refractivity contribution in [3.8, 4) is 0 Å². The first-order valence-corrected chi connectivity index (χ1v) is 7.38. The van der Waals surface area contributed by atoms with Gasteiger partial charge in [0.15, 0.2) is 0 Å². The Morgan fingerprint density at radius 2 is 1.60 bits per heavy atom. The van der Waals surface area contributed by atoms with Crippen LogP contribution in [0, 0.1) is 0 Å². The zero-order valence-electron chi connectivity index (χ0n) is 12.4. The van der Waals surface area contributed by atoms with Gasteiger partial charge in [0.25, 0.3) is 0 Å². The summed E-state index contributed by atoms with van der Waals surface area (Å²) < 4.78 is 0. The number of hydrogen-bond acceptors (Lipinski definition) is 2. The number of rotatable bonds is 6. The van der Waals surface area contributed by atoms with Crippen molar-refractivity contribution in [2.45, 2.75) is 45.1 Å². The van der Waals surface area contributed by atoms with Gasteiger partial charge in [0.1, 0.15) is 0 Å². The monoisotopic (exact) mass is 268 g/mol. The van der Waals surface area contributed by atoms with Gasteiger partial charge >= 0.3 is 0 Å². The molecule has 0 fully saturated rings. The van der Waals surface area contributed by atoms with Crippen molar-refractivity contribution in [1.82, 2.24) is 4.98 Å². The minimum absolute atomic E-state index is 0.216. The van der Waals surface area contributed by atoms with E-state index in [0.29, 0.717) is 5.92 Å². The summed E-state index contributed by atoms with van der Waals surface area (Å²) in [7, 11) is 0. The van der Waals surface area contributed by atoms with Crippen LogP contribution in [0.5, 0.6) is 0 Å². The van der Waals surface area contributed by atoms with E-state index in [1.54, 1.807) is 0 Å². The van der Waals surface area contributed by atoms with Gasteiger partial charge in [0.05, 0.1) is 0 Å². The predicted octanol–water partition coefficient (Wildman–Crippen LogP) is 3.71. The Morgan fingerprint density at radius 3 is 2.20 bits per heavy atom. The van der Waals surface area contributed by atoms with Crippen molar-refractivity contribution in [3.63, 3.8) is 0 Å². The van der Waals surface area contributed by atoms with Gasteiger partial charge in [0.2, 0.25) is 0 Å². The molecule has 0 bridgehead atoms. The Balaban J connectivity index is 1.83. The van der Waals surface area contributed by atoms with E-state index in [9.17, 15) is 0 Å². The Morgan fingerprint density at radius 1 is 0.950 bits per heavy atom. The molecule has 0 saturated heterocycles. The minimum Gasteiger partial charge on any atom is -0.327 e. The molecule has 0 aliphatic carbocycles. The highest BCUT2D eigenvalue weighted by Gasteiger charge is 2.06. The molecule has 20 heavy (non-hydrogen) atoms. The van der Waals surface area contributed by atoms with Gasteiger partial charge in [-0.15, -0.1) is 0 Å². The highest BCUT2D eigenvalue weighted by atomic mass is 14.6. The first-order chi connectivity index (χ1) is 9.65. The van der Waals surface area contributed by atoms with Crippen LogP contribution in [-0.4, -0.2) is 11.0 Å². The van der Waals surface area contributed by atoms with Crippen LogP contribution in [-0.2, 0) is 12.8 Å². The van der Waals surface area contributed by atoms with E-state index in [0.717, 1.165) is 19.3 Å². The van der Waals surface area contributed by atoms with Crippen molar-refractivity contribution in [2.24, 2.45) is 5.73 Å². The van der Waals surface area contributed by atoms with Crippen LogP contribution in [0.4, 0.5) is 0 Å². The van der Waals surface area contributed by atoms with Gasteiger partial charge in [0, 0.05) is 18.4 Å². The van der Waals surface area contributed by atoms with E-state index in [1.807, 2.05) is 12.4 Å². The summed E-state index contributed by atoms with van der Waals surface area (Å²) in [4.78, 5) is 4.03. The molecule has 1 atom stereocenters. The molecule has 2 N–H and O–H groups in total.